The van der Waals surface area contributed by atoms with Crippen molar-refractivity contribution in [3.63, 3.8) is 0 Å². The molecule has 0 radical (unpaired) electrons. The first-order valence-electron chi connectivity index (χ1n) is 4.59. The molecular weight excluding hydrogens is 472 g/mol. The second-order valence-corrected chi connectivity index (χ2v) is 5.35. The van der Waals surface area contributed by atoms with Gasteiger partial charge in [-0.05, 0) is 12.1 Å². The van der Waals surface area contributed by atoms with E-state index in [-0.39, 0.29) is 40.9 Å². The third kappa shape index (κ3) is 107. The van der Waals surface area contributed by atoms with Crippen LogP contribution in [0.15, 0.2) is 30.3 Å². The molecule has 0 amide bonds. The van der Waals surface area contributed by atoms with Crippen molar-refractivity contribution in [2.24, 2.45) is 0 Å². The summed E-state index contributed by atoms with van der Waals surface area (Å²) in [5.41, 5.74) is 0.331. The number of rotatable bonds is 1. The summed E-state index contributed by atoms with van der Waals surface area (Å²) in [7, 11) is -15.5. The number of aromatic carboxylic acids is 1. The molecule has 0 heterocycles. The van der Waals surface area contributed by atoms with Gasteiger partial charge in [-0.1, -0.05) is 18.2 Å². The molecule has 1 aromatic carbocycles. The zero-order chi connectivity index (χ0) is 20.2. The number of hydrogen-bond acceptors (Lipinski definition) is 14. The molecule has 0 aliphatic heterocycles. The molecule has 0 atom stereocenters. The molecule has 0 bridgehead atoms. The van der Waals surface area contributed by atoms with Crippen LogP contribution in [0.2, 0.25) is 0 Å². The van der Waals surface area contributed by atoms with Crippen molar-refractivity contribution in [1.82, 2.24) is 6.15 Å². The fourth-order valence-electron chi connectivity index (χ4n) is 0.581. The molecule has 0 aliphatic rings. The van der Waals surface area contributed by atoms with Gasteiger partial charge in [-0.3, -0.25) is 25.3 Å². The van der Waals surface area contributed by atoms with Gasteiger partial charge in [0.2, 0.25) is 0 Å². The molecule has 0 aromatic heterocycles. The first kappa shape index (κ1) is 40.9. The van der Waals surface area contributed by atoms with Gasteiger partial charge in [0, 0.05) is 31.2 Å². The third-order valence-corrected chi connectivity index (χ3v) is 1.02. The quantitative estimate of drug-likeness (QED) is 0.226. The van der Waals surface area contributed by atoms with Crippen LogP contribution < -0.4 is 6.15 Å². The SMILES string of the molecule is N.O=C(O)c1ccccc1.O=S(=O)([O-])[O-].O=S(=O)([O-])[O-].O=S(=O)([O-])[O-].[Al+3].[Al+3]. The van der Waals surface area contributed by atoms with Gasteiger partial charge in [0.25, 0.3) is 0 Å². The molecule has 150 valence electrons. The molecule has 0 fully saturated rings. The van der Waals surface area contributed by atoms with Crippen LogP contribution in [0.4, 0.5) is 0 Å². The summed E-state index contributed by atoms with van der Waals surface area (Å²) in [6, 6.07) is 8.30. The summed E-state index contributed by atoms with van der Waals surface area (Å²) in [4.78, 5) is 10.2. The Morgan fingerprint density at radius 3 is 0.963 bits per heavy atom. The van der Waals surface area contributed by atoms with Gasteiger partial charge < -0.3 is 38.6 Å². The fourth-order valence-corrected chi connectivity index (χ4v) is 0.581. The molecule has 0 saturated heterocycles. The predicted molar refractivity (Wildman–Crippen MR) is 81.4 cm³/mol. The van der Waals surface area contributed by atoms with Crippen molar-refractivity contribution < 1.29 is 62.5 Å². The molecule has 0 spiro atoms. The Balaban J connectivity index is -0.0000000549. The monoisotopic (exact) mass is 481 g/mol. The molecule has 4 N–H and O–H groups in total. The van der Waals surface area contributed by atoms with Crippen molar-refractivity contribution in [3.8, 4) is 0 Å². The van der Waals surface area contributed by atoms with Crippen molar-refractivity contribution in [3.05, 3.63) is 35.9 Å². The molecule has 0 saturated carbocycles. The van der Waals surface area contributed by atoms with Crippen LogP contribution in [0.5, 0.6) is 0 Å². The van der Waals surface area contributed by atoms with Gasteiger partial charge in [0.15, 0.2) is 0 Å². The van der Waals surface area contributed by atoms with Gasteiger partial charge >= 0.3 is 40.7 Å². The normalized spacial score (nSPS) is 9.41. The summed E-state index contributed by atoms with van der Waals surface area (Å²) < 4.78 is 102. The van der Waals surface area contributed by atoms with Gasteiger partial charge in [-0.15, -0.1) is 0 Å². The molecule has 20 heteroatoms. The van der Waals surface area contributed by atoms with Crippen LogP contribution in [0.1, 0.15) is 10.4 Å². The Hall–Kier alpha value is -0.675. The van der Waals surface area contributed by atoms with Crippen LogP contribution >= 0.6 is 0 Å². The molecule has 0 aliphatic carbocycles. The first-order chi connectivity index (χ1) is 10.3. The topological polar surface area (TPSA) is 313 Å². The van der Waals surface area contributed by atoms with Gasteiger partial charge in [-0.2, -0.15) is 0 Å². The van der Waals surface area contributed by atoms with E-state index in [0.717, 1.165) is 0 Å². The van der Waals surface area contributed by atoms with E-state index >= 15 is 0 Å². The smallest absolute Gasteiger partial charge is 0.759 e. The first-order valence-corrected chi connectivity index (χ1v) is 8.59. The maximum absolute atomic E-state index is 10.2. The van der Waals surface area contributed by atoms with E-state index in [1.54, 1.807) is 30.3 Å². The average molecular weight is 481 g/mol. The van der Waals surface area contributed by atoms with Gasteiger partial charge in [0.1, 0.15) is 0 Å². The van der Waals surface area contributed by atoms with E-state index in [2.05, 4.69) is 0 Å². The Morgan fingerprint density at radius 2 is 0.852 bits per heavy atom. The predicted octanol–water partition coefficient (Wildman–Crippen LogP) is -3.23. The summed E-state index contributed by atoms with van der Waals surface area (Å²) in [6.45, 7) is 0. The number of carboxylic acids is 1. The van der Waals surface area contributed by atoms with E-state index < -0.39 is 37.2 Å². The molecular formula is C7H9Al2NO14S3. The van der Waals surface area contributed by atoms with Crippen LogP contribution in [0.3, 0.4) is 0 Å². The van der Waals surface area contributed by atoms with E-state index in [0.29, 0.717) is 5.56 Å². The number of carbonyl (C=O) groups is 1. The van der Waals surface area contributed by atoms with E-state index in [1.807, 2.05) is 0 Å². The van der Waals surface area contributed by atoms with Crippen LogP contribution in [0, 0.1) is 0 Å². The minimum absolute atomic E-state index is 0. The fraction of sp³-hybridized carbons (Fsp3) is 0. The summed E-state index contributed by atoms with van der Waals surface area (Å²) in [5, 5.41) is 8.38. The van der Waals surface area contributed by atoms with E-state index in [1.165, 1.54) is 0 Å². The Labute approximate surface area is 176 Å². The van der Waals surface area contributed by atoms with Crippen LogP contribution in [0.25, 0.3) is 0 Å². The molecule has 1 aromatic rings. The van der Waals surface area contributed by atoms with Gasteiger partial charge in [0.05, 0.1) is 5.56 Å². The second kappa shape index (κ2) is 18.7. The number of carboxylic acid groups (broad SMARTS) is 1. The van der Waals surface area contributed by atoms with E-state index in [9.17, 15) is 4.79 Å². The molecule has 15 nitrogen and oxygen atoms in total. The molecule has 1 rings (SSSR count). The standard InChI is InChI=1S/C7H6O2.2Al.H3N.3H2O4S/c8-7(9)6-4-2-1-3-5-6;;;;3*1-5(2,3)4/h1-5H,(H,8,9);;;1H3;3*(H2,1,2,3,4)/q;2*+3;;;;/p-6. The average Bonchev–Trinajstić information content (AvgIpc) is 2.23. The Morgan fingerprint density at radius 1 is 0.667 bits per heavy atom. The minimum atomic E-state index is -5.17. The van der Waals surface area contributed by atoms with Crippen molar-refractivity contribution in [2.75, 3.05) is 0 Å². The second-order valence-electron chi connectivity index (χ2n) is 2.90. The Bertz CT molecular complexity index is 697. The maximum atomic E-state index is 10.2. The largest absolute Gasteiger partial charge is 3.00 e. The van der Waals surface area contributed by atoms with E-state index in [4.69, 9.17) is 57.7 Å². The summed E-state index contributed by atoms with van der Waals surface area (Å²) in [5.74, 6) is -0.879. The Kier molecular flexibility index (Phi) is 28.3. The third-order valence-electron chi connectivity index (χ3n) is 1.02. The summed E-state index contributed by atoms with van der Waals surface area (Å²) >= 11 is 0. The zero-order valence-corrected chi connectivity index (χ0v) is 17.5. The number of benzene rings is 1. The van der Waals surface area contributed by atoms with Crippen molar-refractivity contribution in [1.29, 1.82) is 0 Å². The van der Waals surface area contributed by atoms with Crippen molar-refractivity contribution >= 4 is 71.9 Å². The number of hydrogen-bond donors (Lipinski definition) is 2. The van der Waals surface area contributed by atoms with Crippen molar-refractivity contribution in [2.45, 2.75) is 0 Å². The minimum Gasteiger partial charge on any atom is -0.759 e. The zero-order valence-electron chi connectivity index (χ0n) is 12.7. The van der Waals surface area contributed by atoms with Crippen LogP contribution in [-0.2, 0) is 31.2 Å². The summed E-state index contributed by atoms with van der Waals surface area (Å²) in [6.07, 6.45) is 0. The molecule has 27 heavy (non-hydrogen) atoms. The van der Waals surface area contributed by atoms with Crippen LogP contribution in [-0.4, -0.2) is 98.4 Å². The maximum Gasteiger partial charge on any atom is 3.00 e. The molecule has 0 unspecified atom stereocenters. The van der Waals surface area contributed by atoms with Gasteiger partial charge in [-0.25, -0.2) is 4.79 Å².